The Balaban J connectivity index is 1.76. The maximum absolute atomic E-state index is 12.3. The maximum Gasteiger partial charge on any atom is 0.226 e. The first kappa shape index (κ1) is 16.2. The molecule has 26 heavy (non-hydrogen) atoms. The number of methoxy groups -OCH3 is 2. The van der Waals surface area contributed by atoms with E-state index in [1.54, 1.807) is 20.5 Å². The first-order valence-corrected chi connectivity index (χ1v) is 8.35. The Labute approximate surface area is 151 Å². The lowest BCUT2D eigenvalue weighted by molar-refractivity contribution is -0.116. The number of hydrogen-bond donors (Lipinski definition) is 1. The van der Waals surface area contributed by atoms with E-state index in [-0.39, 0.29) is 11.8 Å². The lowest BCUT2D eigenvalue weighted by Gasteiger charge is -2.23. The summed E-state index contributed by atoms with van der Waals surface area (Å²) in [5.41, 5.74) is 2.78. The lowest BCUT2D eigenvalue weighted by Crippen LogP contribution is -2.24. The normalized spacial score (nSPS) is 15.9. The number of nitrogens with one attached hydrogen (secondary N) is 1. The van der Waals surface area contributed by atoms with E-state index in [9.17, 15) is 4.79 Å². The summed E-state index contributed by atoms with van der Waals surface area (Å²) in [6.45, 7) is 0. The molecule has 0 fully saturated rings. The standard InChI is InChI=1S/C20H19N3O3/c1-25-15-8-6-13(7-9-15)17-11-18(24)22-20-19(17)21-12-23(20)14-4-3-5-16(10-14)26-2/h3-10,12,17H,11H2,1-2H3,(H,22,24)/t17-/m0/s1. The summed E-state index contributed by atoms with van der Waals surface area (Å²) in [6, 6.07) is 15.4. The molecule has 132 valence electrons. The zero-order chi connectivity index (χ0) is 18.1. The number of carbonyl (C=O) groups excluding carboxylic acids is 1. The number of nitrogens with zero attached hydrogens (tertiary/aromatic N) is 2. The second-order valence-electron chi connectivity index (χ2n) is 6.13. The Morgan fingerprint density at radius 2 is 1.85 bits per heavy atom. The molecule has 3 aromatic rings. The van der Waals surface area contributed by atoms with Gasteiger partial charge in [0, 0.05) is 18.4 Å². The quantitative estimate of drug-likeness (QED) is 0.784. The molecule has 1 aliphatic rings. The van der Waals surface area contributed by atoms with Crippen molar-refractivity contribution in [3.05, 3.63) is 66.1 Å². The van der Waals surface area contributed by atoms with Gasteiger partial charge in [0.2, 0.25) is 5.91 Å². The van der Waals surface area contributed by atoms with Gasteiger partial charge < -0.3 is 14.8 Å². The number of rotatable bonds is 4. The van der Waals surface area contributed by atoms with E-state index in [1.807, 2.05) is 53.1 Å². The number of carbonyl (C=O) groups is 1. The third-order valence-electron chi connectivity index (χ3n) is 4.62. The second kappa shape index (κ2) is 6.55. The lowest BCUT2D eigenvalue weighted by atomic mass is 9.90. The number of aromatic nitrogens is 2. The van der Waals surface area contributed by atoms with Crippen LogP contribution in [0.4, 0.5) is 5.82 Å². The third-order valence-corrected chi connectivity index (χ3v) is 4.62. The largest absolute Gasteiger partial charge is 0.497 e. The Morgan fingerprint density at radius 3 is 2.58 bits per heavy atom. The van der Waals surface area contributed by atoms with Crippen molar-refractivity contribution in [3.63, 3.8) is 0 Å². The van der Waals surface area contributed by atoms with Crippen molar-refractivity contribution in [2.45, 2.75) is 12.3 Å². The van der Waals surface area contributed by atoms with Gasteiger partial charge in [-0.1, -0.05) is 18.2 Å². The molecule has 0 radical (unpaired) electrons. The molecule has 1 atom stereocenters. The topological polar surface area (TPSA) is 65.4 Å². The number of amides is 1. The number of benzene rings is 2. The van der Waals surface area contributed by atoms with Gasteiger partial charge in [0.25, 0.3) is 0 Å². The molecule has 6 heteroatoms. The molecule has 0 spiro atoms. The summed E-state index contributed by atoms with van der Waals surface area (Å²) in [5.74, 6) is 2.13. The molecule has 1 amide bonds. The highest BCUT2D eigenvalue weighted by atomic mass is 16.5. The Morgan fingerprint density at radius 1 is 1.08 bits per heavy atom. The zero-order valence-corrected chi connectivity index (χ0v) is 14.6. The molecule has 0 unspecified atom stereocenters. The molecule has 4 rings (SSSR count). The third kappa shape index (κ3) is 2.79. The summed E-state index contributed by atoms with van der Waals surface area (Å²) in [5, 5.41) is 2.96. The average molecular weight is 349 g/mol. The van der Waals surface area contributed by atoms with E-state index in [4.69, 9.17) is 9.47 Å². The molecule has 6 nitrogen and oxygen atoms in total. The molecule has 0 bridgehead atoms. The van der Waals surface area contributed by atoms with Crippen molar-refractivity contribution in [3.8, 4) is 17.2 Å². The highest BCUT2D eigenvalue weighted by Gasteiger charge is 2.31. The fourth-order valence-corrected chi connectivity index (χ4v) is 3.27. The van der Waals surface area contributed by atoms with Crippen LogP contribution in [0, 0.1) is 0 Å². The van der Waals surface area contributed by atoms with Crippen LogP contribution in [0.25, 0.3) is 5.69 Å². The highest BCUT2D eigenvalue weighted by molar-refractivity contribution is 5.94. The minimum Gasteiger partial charge on any atom is -0.497 e. The number of fused-ring (bicyclic) bond motifs is 1. The van der Waals surface area contributed by atoms with Gasteiger partial charge >= 0.3 is 0 Å². The SMILES string of the molecule is COc1ccc([C@@H]2CC(=O)Nc3c2ncn3-c2cccc(OC)c2)cc1. The van der Waals surface area contributed by atoms with Crippen molar-refractivity contribution in [1.29, 1.82) is 0 Å². The molecular weight excluding hydrogens is 330 g/mol. The highest BCUT2D eigenvalue weighted by Crippen LogP contribution is 2.38. The number of hydrogen-bond acceptors (Lipinski definition) is 4. The van der Waals surface area contributed by atoms with Crippen LogP contribution in [0.15, 0.2) is 54.9 Å². The van der Waals surface area contributed by atoms with E-state index in [2.05, 4.69) is 10.3 Å². The fourth-order valence-electron chi connectivity index (χ4n) is 3.27. The van der Waals surface area contributed by atoms with E-state index in [1.165, 1.54) is 0 Å². The van der Waals surface area contributed by atoms with Gasteiger partial charge in [-0.2, -0.15) is 0 Å². The van der Waals surface area contributed by atoms with Crippen LogP contribution in [0.1, 0.15) is 23.6 Å². The Kier molecular flexibility index (Phi) is 4.08. The van der Waals surface area contributed by atoms with Crippen LogP contribution in [0.3, 0.4) is 0 Å². The molecule has 1 aromatic heterocycles. The monoisotopic (exact) mass is 349 g/mol. The van der Waals surface area contributed by atoms with Crippen LogP contribution in [-0.2, 0) is 4.79 Å². The van der Waals surface area contributed by atoms with Crippen LogP contribution in [0.5, 0.6) is 11.5 Å². The number of ether oxygens (including phenoxy) is 2. The van der Waals surface area contributed by atoms with E-state index in [0.717, 1.165) is 28.4 Å². The summed E-state index contributed by atoms with van der Waals surface area (Å²) in [6.07, 6.45) is 2.11. The molecular formula is C20H19N3O3. The van der Waals surface area contributed by atoms with Crippen molar-refractivity contribution >= 4 is 11.7 Å². The van der Waals surface area contributed by atoms with Crippen molar-refractivity contribution < 1.29 is 14.3 Å². The van der Waals surface area contributed by atoms with Gasteiger partial charge in [-0.05, 0) is 29.8 Å². The van der Waals surface area contributed by atoms with E-state index in [0.29, 0.717) is 12.2 Å². The fraction of sp³-hybridized carbons (Fsp3) is 0.200. The minimum atomic E-state index is -0.0866. The Hall–Kier alpha value is -3.28. The van der Waals surface area contributed by atoms with Crippen LogP contribution < -0.4 is 14.8 Å². The first-order chi connectivity index (χ1) is 12.7. The number of anilines is 1. The maximum atomic E-state index is 12.3. The van der Waals surface area contributed by atoms with E-state index < -0.39 is 0 Å². The Bertz CT molecular complexity index is 947. The summed E-state index contributed by atoms with van der Waals surface area (Å²) in [4.78, 5) is 16.9. The van der Waals surface area contributed by atoms with Gasteiger partial charge in [-0.25, -0.2) is 4.98 Å². The molecule has 0 aliphatic carbocycles. The molecule has 0 saturated heterocycles. The van der Waals surface area contributed by atoms with Gasteiger partial charge in [0.05, 0.1) is 25.6 Å². The molecule has 1 aliphatic heterocycles. The van der Waals surface area contributed by atoms with Crippen molar-refractivity contribution in [2.75, 3.05) is 19.5 Å². The molecule has 1 N–H and O–H groups in total. The van der Waals surface area contributed by atoms with Crippen LogP contribution in [-0.4, -0.2) is 29.7 Å². The molecule has 2 aromatic carbocycles. The molecule has 0 saturated carbocycles. The summed E-state index contributed by atoms with van der Waals surface area (Å²) in [7, 11) is 3.26. The second-order valence-corrected chi connectivity index (χ2v) is 6.13. The van der Waals surface area contributed by atoms with Crippen molar-refractivity contribution in [2.24, 2.45) is 0 Å². The smallest absolute Gasteiger partial charge is 0.226 e. The van der Waals surface area contributed by atoms with Gasteiger partial charge in [0.1, 0.15) is 23.6 Å². The minimum absolute atomic E-state index is 0.0250. The predicted octanol–water partition coefficient (Wildman–Crippen LogP) is 3.36. The van der Waals surface area contributed by atoms with Gasteiger partial charge in [-0.15, -0.1) is 0 Å². The van der Waals surface area contributed by atoms with Crippen LogP contribution in [0.2, 0.25) is 0 Å². The van der Waals surface area contributed by atoms with Gasteiger partial charge in [-0.3, -0.25) is 9.36 Å². The van der Waals surface area contributed by atoms with E-state index >= 15 is 0 Å². The van der Waals surface area contributed by atoms with Crippen LogP contribution >= 0.6 is 0 Å². The number of imidazole rings is 1. The summed E-state index contributed by atoms with van der Waals surface area (Å²) < 4.78 is 12.4. The zero-order valence-electron chi connectivity index (χ0n) is 14.6. The average Bonchev–Trinajstić information content (AvgIpc) is 3.11. The first-order valence-electron chi connectivity index (χ1n) is 8.35. The van der Waals surface area contributed by atoms with Crippen molar-refractivity contribution in [1.82, 2.24) is 9.55 Å². The molecule has 2 heterocycles. The van der Waals surface area contributed by atoms with Gasteiger partial charge in [0.15, 0.2) is 0 Å². The predicted molar refractivity (Wildman–Crippen MR) is 98.2 cm³/mol. The summed E-state index contributed by atoms with van der Waals surface area (Å²) >= 11 is 0.